The predicted octanol–water partition coefficient (Wildman–Crippen LogP) is 3.99. The van der Waals surface area contributed by atoms with Gasteiger partial charge in [-0.3, -0.25) is 10.1 Å². The molecule has 18 heavy (non-hydrogen) atoms. The molecule has 0 aliphatic heterocycles. The van der Waals surface area contributed by atoms with Crippen LogP contribution in [0.25, 0.3) is 17.2 Å². The fourth-order valence-electron chi connectivity index (χ4n) is 1.70. The molecule has 0 heterocycles. The lowest BCUT2D eigenvalue weighted by Crippen LogP contribution is -1.92. The second-order valence-corrected chi connectivity index (χ2v) is 4.03. The maximum atomic E-state index is 10.5. The fraction of sp³-hybridized carbons (Fsp3) is 0.0667. The van der Waals surface area contributed by atoms with Gasteiger partial charge in [0.05, 0.1) is 4.92 Å². The summed E-state index contributed by atoms with van der Waals surface area (Å²) in [4.78, 5) is 10.1. The van der Waals surface area contributed by atoms with Crippen molar-refractivity contribution in [2.45, 2.75) is 6.92 Å². The number of benzene rings is 2. The summed E-state index contributed by atoms with van der Waals surface area (Å²) in [6, 6.07) is 17.7. The van der Waals surface area contributed by atoms with Gasteiger partial charge in [-0.1, -0.05) is 54.6 Å². The number of hydrogen-bond donors (Lipinski definition) is 0. The molecule has 0 radical (unpaired) electrons. The standard InChI is InChI=1S/C15H13NO2/c1-12(16(17)18)11-13-7-9-15(10-8-13)14-5-3-2-4-6-14/h2-11H,1H3. The molecule has 3 heteroatoms. The molecule has 0 aromatic heterocycles. The molecule has 2 rings (SSSR count). The zero-order valence-electron chi connectivity index (χ0n) is 10.0. The Labute approximate surface area is 106 Å². The Morgan fingerprint density at radius 3 is 2.11 bits per heavy atom. The molecule has 0 unspecified atom stereocenters. The summed E-state index contributed by atoms with van der Waals surface area (Å²) in [6.07, 6.45) is 1.56. The van der Waals surface area contributed by atoms with Gasteiger partial charge in [-0.2, -0.15) is 0 Å². The normalized spacial score (nSPS) is 11.3. The number of nitro groups is 1. The van der Waals surface area contributed by atoms with E-state index in [1.165, 1.54) is 6.92 Å². The van der Waals surface area contributed by atoms with Crippen molar-refractivity contribution in [3.63, 3.8) is 0 Å². The first-order chi connectivity index (χ1) is 8.66. The Balaban J connectivity index is 2.26. The fourth-order valence-corrected chi connectivity index (χ4v) is 1.70. The topological polar surface area (TPSA) is 43.1 Å². The van der Waals surface area contributed by atoms with E-state index in [9.17, 15) is 10.1 Å². The van der Waals surface area contributed by atoms with Crippen LogP contribution in [0.4, 0.5) is 0 Å². The van der Waals surface area contributed by atoms with E-state index >= 15 is 0 Å². The van der Waals surface area contributed by atoms with Crippen LogP contribution in [-0.2, 0) is 0 Å². The number of nitrogens with zero attached hydrogens (tertiary/aromatic N) is 1. The molecule has 0 aliphatic rings. The molecule has 0 N–H and O–H groups in total. The quantitative estimate of drug-likeness (QED) is 0.600. The van der Waals surface area contributed by atoms with Gasteiger partial charge in [0, 0.05) is 13.0 Å². The maximum Gasteiger partial charge on any atom is 0.243 e. The van der Waals surface area contributed by atoms with E-state index in [2.05, 4.69) is 0 Å². The van der Waals surface area contributed by atoms with Crippen LogP contribution in [-0.4, -0.2) is 4.92 Å². The van der Waals surface area contributed by atoms with E-state index in [0.717, 1.165) is 16.7 Å². The molecule has 0 fully saturated rings. The van der Waals surface area contributed by atoms with Crippen molar-refractivity contribution >= 4 is 6.08 Å². The molecular weight excluding hydrogens is 226 g/mol. The van der Waals surface area contributed by atoms with Crippen molar-refractivity contribution in [3.05, 3.63) is 76.0 Å². The van der Waals surface area contributed by atoms with Crippen LogP contribution >= 0.6 is 0 Å². The first-order valence-corrected chi connectivity index (χ1v) is 5.65. The van der Waals surface area contributed by atoms with E-state index < -0.39 is 0 Å². The van der Waals surface area contributed by atoms with Crippen molar-refractivity contribution in [1.29, 1.82) is 0 Å². The third-order valence-electron chi connectivity index (χ3n) is 2.68. The monoisotopic (exact) mass is 239 g/mol. The van der Waals surface area contributed by atoms with E-state index in [-0.39, 0.29) is 10.6 Å². The highest BCUT2D eigenvalue weighted by Gasteiger charge is 2.02. The SMILES string of the molecule is CC(=Cc1ccc(-c2ccccc2)cc1)[N+](=O)[O-]. The molecule has 0 aliphatic carbocycles. The second-order valence-electron chi connectivity index (χ2n) is 4.03. The van der Waals surface area contributed by atoms with Crippen LogP contribution < -0.4 is 0 Å². The Morgan fingerprint density at radius 2 is 1.56 bits per heavy atom. The summed E-state index contributed by atoms with van der Waals surface area (Å²) in [7, 11) is 0. The van der Waals surface area contributed by atoms with Gasteiger partial charge in [-0.05, 0) is 16.7 Å². The summed E-state index contributed by atoms with van der Waals surface area (Å²) < 4.78 is 0. The van der Waals surface area contributed by atoms with Crippen LogP contribution in [0.3, 0.4) is 0 Å². The summed E-state index contributed by atoms with van der Waals surface area (Å²) in [5.41, 5.74) is 3.22. The predicted molar refractivity (Wildman–Crippen MR) is 72.5 cm³/mol. The largest absolute Gasteiger partial charge is 0.259 e. The zero-order valence-corrected chi connectivity index (χ0v) is 10.0. The van der Waals surface area contributed by atoms with Gasteiger partial charge >= 0.3 is 0 Å². The van der Waals surface area contributed by atoms with E-state index in [1.54, 1.807) is 6.08 Å². The molecule has 0 amide bonds. The van der Waals surface area contributed by atoms with Crippen LogP contribution in [0.1, 0.15) is 12.5 Å². The molecule has 0 atom stereocenters. The lowest BCUT2D eigenvalue weighted by atomic mass is 10.0. The average molecular weight is 239 g/mol. The number of rotatable bonds is 3. The van der Waals surface area contributed by atoms with Crippen molar-refractivity contribution in [2.24, 2.45) is 0 Å². The minimum absolute atomic E-state index is 0.141. The summed E-state index contributed by atoms with van der Waals surface area (Å²) in [5, 5.41) is 10.5. The van der Waals surface area contributed by atoms with Gasteiger partial charge in [0.2, 0.25) is 5.70 Å². The lowest BCUT2D eigenvalue weighted by molar-refractivity contribution is -0.422. The van der Waals surface area contributed by atoms with Crippen LogP contribution in [0.5, 0.6) is 0 Å². The molecule has 0 spiro atoms. The van der Waals surface area contributed by atoms with E-state index in [0.29, 0.717) is 0 Å². The smallest absolute Gasteiger partial charge is 0.243 e. The molecular formula is C15H13NO2. The molecule has 2 aromatic carbocycles. The van der Waals surface area contributed by atoms with Gasteiger partial charge in [-0.15, -0.1) is 0 Å². The third kappa shape index (κ3) is 2.83. The Bertz CT molecular complexity index is 571. The first-order valence-electron chi connectivity index (χ1n) is 5.65. The highest BCUT2D eigenvalue weighted by atomic mass is 16.6. The minimum Gasteiger partial charge on any atom is -0.259 e. The van der Waals surface area contributed by atoms with Crippen molar-refractivity contribution in [2.75, 3.05) is 0 Å². The van der Waals surface area contributed by atoms with Crippen LogP contribution in [0, 0.1) is 10.1 Å². The van der Waals surface area contributed by atoms with Gasteiger partial charge in [-0.25, -0.2) is 0 Å². The third-order valence-corrected chi connectivity index (χ3v) is 2.68. The van der Waals surface area contributed by atoms with E-state index in [1.807, 2.05) is 54.6 Å². The highest BCUT2D eigenvalue weighted by Crippen LogP contribution is 2.20. The molecule has 0 bridgehead atoms. The van der Waals surface area contributed by atoms with Gasteiger partial charge in [0.25, 0.3) is 0 Å². The molecule has 2 aromatic rings. The summed E-state index contributed by atoms with van der Waals surface area (Å²) in [5.74, 6) is 0. The molecule has 3 nitrogen and oxygen atoms in total. The van der Waals surface area contributed by atoms with Crippen LogP contribution in [0.2, 0.25) is 0 Å². The van der Waals surface area contributed by atoms with Gasteiger partial charge < -0.3 is 0 Å². The van der Waals surface area contributed by atoms with Crippen molar-refractivity contribution in [1.82, 2.24) is 0 Å². The Kier molecular flexibility index (Phi) is 3.53. The highest BCUT2D eigenvalue weighted by molar-refractivity contribution is 5.65. The van der Waals surface area contributed by atoms with E-state index in [4.69, 9.17) is 0 Å². The first kappa shape index (κ1) is 12.0. The maximum absolute atomic E-state index is 10.5. The lowest BCUT2D eigenvalue weighted by Gasteiger charge is -2.01. The number of allylic oxidation sites excluding steroid dienone is 1. The number of hydrogen-bond acceptors (Lipinski definition) is 2. The average Bonchev–Trinajstić information content (AvgIpc) is 2.40. The summed E-state index contributed by atoms with van der Waals surface area (Å²) in [6.45, 7) is 1.49. The van der Waals surface area contributed by atoms with Crippen molar-refractivity contribution in [3.8, 4) is 11.1 Å². The summed E-state index contributed by atoms with van der Waals surface area (Å²) >= 11 is 0. The van der Waals surface area contributed by atoms with Gasteiger partial charge in [0.1, 0.15) is 0 Å². The second kappa shape index (κ2) is 5.27. The molecule has 90 valence electrons. The molecule has 0 saturated heterocycles. The van der Waals surface area contributed by atoms with Crippen LogP contribution in [0.15, 0.2) is 60.3 Å². The van der Waals surface area contributed by atoms with Crippen molar-refractivity contribution < 1.29 is 4.92 Å². The minimum atomic E-state index is -0.384. The molecule has 0 saturated carbocycles. The Morgan fingerprint density at radius 1 is 1.00 bits per heavy atom. The van der Waals surface area contributed by atoms with Gasteiger partial charge in [0.15, 0.2) is 0 Å². The Hall–Kier alpha value is -2.42. The zero-order chi connectivity index (χ0) is 13.0.